The summed E-state index contributed by atoms with van der Waals surface area (Å²) in [5, 5.41) is 3.42. The van der Waals surface area contributed by atoms with Crippen LogP contribution in [0, 0.1) is 5.82 Å². The molecule has 1 aliphatic rings. The van der Waals surface area contributed by atoms with E-state index in [1.807, 2.05) is 18.2 Å². The summed E-state index contributed by atoms with van der Waals surface area (Å²) in [6.45, 7) is 3.53. The van der Waals surface area contributed by atoms with Crippen molar-refractivity contribution in [1.29, 1.82) is 0 Å². The van der Waals surface area contributed by atoms with Gasteiger partial charge in [-0.15, -0.1) is 0 Å². The Bertz CT molecular complexity index is 739. The smallest absolute Gasteiger partial charge is 0.127 e. The van der Waals surface area contributed by atoms with E-state index < -0.39 is 0 Å². The lowest BCUT2D eigenvalue weighted by molar-refractivity contribution is 0.226. The molecule has 2 aromatic carbocycles. The molecule has 1 N–H and O–H groups in total. The maximum Gasteiger partial charge on any atom is 0.127 e. The number of benzene rings is 2. The van der Waals surface area contributed by atoms with Gasteiger partial charge in [0.05, 0.1) is 32.9 Å². The SMILES string of the molecule is COc1ccc(F)cc1C(c1c(OC)cccc1OC)N1CCCNCC1. The van der Waals surface area contributed by atoms with Crippen molar-refractivity contribution >= 4 is 0 Å². The van der Waals surface area contributed by atoms with Crippen LogP contribution in [0.25, 0.3) is 0 Å². The van der Waals surface area contributed by atoms with Crippen LogP contribution in [0.1, 0.15) is 23.6 Å². The highest BCUT2D eigenvalue weighted by Gasteiger charge is 2.31. The van der Waals surface area contributed by atoms with Crippen molar-refractivity contribution in [2.45, 2.75) is 12.5 Å². The molecule has 0 aliphatic carbocycles. The van der Waals surface area contributed by atoms with Crippen molar-refractivity contribution in [3.63, 3.8) is 0 Å². The molecule has 6 heteroatoms. The maximum absolute atomic E-state index is 14.2. The number of hydrogen-bond acceptors (Lipinski definition) is 5. The molecule has 1 heterocycles. The molecule has 0 amide bonds. The summed E-state index contributed by atoms with van der Waals surface area (Å²) in [5.74, 6) is 1.77. The van der Waals surface area contributed by atoms with Crippen molar-refractivity contribution < 1.29 is 18.6 Å². The lowest BCUT2D eigenvalue weighted by Crippen LogP contribution is -2.33. The molecule has 1 unspecified atom stereocenters. The average molecular weight is 374 g/mol. The zero-order chi connectivity index (χ0) is 19.2. The van der Waals surface area contributed by atoms with Crippen LogP contribution in [0.4, 0.5) is 4.39 Å². The maximum atomic E-state index is 14.2. The third-order valence-corrected chi connectivity index (χ3v) is 4.97. The fourth-order valence-corrected chi connectivity index (χ4v) is 3.73. The third-order valence-electron chi connectivity index (χ3n) is 4.97. The van der Waals surface area contributed by atoms with Crippen molar-refractivity contribution in [3.8, 4) is 17.2 Å². The van der Waals surface area contributed by atoms with Crippen molar-refractivity contribution in [3.05, 3.63) is 53.3 Å². The van der Waals surface area contributed by atoms with E-state index in [1.165, 1.54) is 6.07 Å². The second kappa shape index (κ2) is 9.06. The number of halogens is 1. The summed E-state index contributed by atoms with van der Waals surface area (Å²) in [6, 6.07) is 10.1. The van der Waals surface area contributed by atoms with Gasteiger partial charge in [0.1, 0.15) is 23.1 Å². The Labute approximate surface area is 160 Å². The Balaban J connectivity index is 2.22. The highest BCUT2D eigenvalue weighted by molar-refractivity contribution is 5.53. The number of nitrogens with one attached hydrogen (secondary N) is 1. The number of ether oxygens (including phenoxy) is 3. The monoisotopic (exact) mass is 374 g/mol. The van der Waals surface area contributed by atoms with Gasteiger partial charge in [-0.05, 0) is 43.3 Å². The first-order chi connectivity index (χ1) is 13.2. The molecule has 146 valence electrons. The van der Waals surface area contributed by atoms with Crippen molar-refractivity contribution in [2.75, 3.05) is 47.5 Å². The topological polar surface area (TPSA) is 43.0 Å². The Morgan fingerprint density at radius 1 is 0.926 bits per heavy atom. The highest BCUT2D eigenvalue weighted by atomic mass is 19.1. The number of methoxy groups -OCH3 is 3. The summed E-state index contributed by atoms with van der Waals surface area (Å²) in [6.07, 6.45) is 1.01. The number of nitrogens with zero attached hydrogens (tertiary/aromatic N) is 1. The largest absolute Gasteiger partial charge is 0.496 e. The van der Waals surface area contributed by atoms with Crippen molar-refractivity contribution in [2.24, 2.45) is 0 Å². The normalized spacial score (nSPS) is 16.4. The molecular weight excluding hydrogens is 347 g/mol. The molecule has 1 atom stereocenters. The van der Waals surface area contributed by atoms with Gasteiger partial charge in [0.2, 0.25) is 0 Å². The van der Waals surface area contributed by atoms with Crippen LogP contribution in [0.3, 0.4) is 0 Å². The summed E-state index contributed by atoms with van der Waals surface area (Å²) < 4.78 is 31.1. The zero-order valence-corrected chi connectivity index (χ0v) is 16.1. The van der Waals surface area contributed by atoms with E-state index in [2.05, 4.69) is 10.2 Å². The van der Waals surface area contributed by atoms with Crippen LogP contribution in [0.15, 0.2) is 36.4 Å². The molecule has 5 nitrogen and oxygen atoms in total. The molecule has 0 saturated carbocycles. The van der Waals surface area contributed by atoms with Crippen LogP contribution in [0.5, 0.6) is 17.2 Å². The zero-order valence-electron chi connectivity index (χ0n) is 16.1. The van der Waals surface area contributed by atoms with Crippen LogP contribution in [-0.4, -0.2) is 52.4 Å². The predicted molar refractivity (Wildman–Crippen MR) is 103 cm³/mol. The van der Waals surface area contributed by atoms with Crippen LogP contribution >= 0.6 is 0 Å². The molecule has 3 rings (SSSR count). The standard InChI is InChI=1S/C21H27FN2O3/c1-25-17-9-8-15(22)14-16(17)21(24-12-5-10-23-11-13-24)20-18(26-2)6-4-7-19(20)27-3/h4,6-9,14,21,23H,5,10-13H2,1-3H3. The van der Waals surface area contributed by atoms with E-state index in [1.54, 1.807) is 33.5 Å². The van der Waals surface area contributed by atoms with Gasteiger partial charge in [0.15, 0.2) is 0 Å². The highest BCUT2D eigenvalue weighted by Crippen LogP contribution is 2.43. The molecule has 0 bridgehead atoms. The van der Waals surface area contributed by atoms with Crippen LogP contribution in [0.2, 0.25) is 0 Å². The minimum Gasteiger partial charge on any atom is -0.496 e. The van der Waals surface area contributed by atoms with Crippen LogP contribution < -0.4 is 19.5 Å². The van der Waals surface area contributed by atoms with Gasteiger partial charge in [-0.3, -0.25) is 4.90 Å². The summed E-state index contributed by atoms with van der Waals surface area (Å²) in [5.41, 5.74) is 1.65. The molecule has 1 aliphatic heterocycles. The van der Waals surface area contributed by atoms with Crippen molar-refractivity contribution in [1.82, 2.24) is 10.2 Å². The second-order valence-corrected chi connectivity index (χ2v) is 6.50. The summed E-state index contributed by atoms with van der Waals surface area (Å²) in [4.78, 5) is 2.33. The molecule has 0 aromatic heterocycles. The molecule has 0 spiro atoms. The number of rotatable bonds is 6. The van der Waals surface area contributed by atoms with E-state index in [-0.39, 0.29) is 11.9 Å². The lowest BCUT2D eigenvalue weighted by Gasteiger charge is -2.33. The second-order valence-electron chi connectivity index (χ2n) is 6.50. The first-order valence-electron chi connectivity index (χ1n) is 9.18. The molecule has 2 aromatic rings. The molecule has 0 radical (unpaired) electrons. The van der Waals surface area contributed by atoms with E-state index >= 15 is 0 Å². The average Bonchev–Trinajstić information content (AvgIpc) is 2.98. The number of hydrogen-bond donors (Lipinski definition) is 1. The van der Waals surface area contributed by atoms with Gasteiger partial charge in [-0.2, -0.15) is 0 Å². The molecule has 27 heavy (non-hydrogen) atoms. The molecule has 1 saturated heterocycles. The van der Waals surface area contributed by atoms with E-state index in [0.29, 0.717) is 17.2 Å². The minimum absolute atomic E-state index is 0.248. The predicted octanol–water partition coefficient (Wildman–Crippen LogP) is 3.24. The summed E-state index contributed by atoms with van der Waals surface area (Å²) >= 11 is 0. The van der Waals surface area contributed by atoms with Gasteiger partial charge in [0.25, 0.3) is 0 Å². The van der Waals surface area contributed by atoms with Gasteiger partial charge in [-0.25, -0.2) is 4.39 Å². The van der Waals surface area contributed by atoms with Gasteiger partial charge >= 0.3 is 0 Å². The van der Waals surface area contributed by atoms with Gasteiger partial charge < -0.3 is 19.5 Å². The Kier molecular flexibility index (Phi) is 6.53. The summed E-state index contributed by atoms with van der Waals surface area (Å²) in [7, 11) is 4.89. The van der Waals surface area contributed by atoms with Gasteiger partial charge in [0, 0.05) is 25.2 Å². The van der Waals surface area contributed by atoms with Gasteiger partial charge in [-0.1, -0.05) is 6.07 Å². The lowest BCUT2D eigenvalue weighted by atomic mass is 9.94. The first-order valence-corrected chi connectivity index (χ1v) is 9.18. The fourth-order valence-electron chi connectivity index (χ4n) is 3.73. The van der Waals surface area contributed by atoms with E-state index in [0.717, 1.165) is 43.7 Å². The molecular formula is C21H27FN2O3. The Morgan fingerprint density at radius 3 is 2.30 bits per heavy atom. The van der Waals surface area contributed by atoms with E-state index in [4.69, 9.17) is 14.2 Å². The van der Waals surface area contributed by atoms with Crippen LogP contribution in [-0.2, 0) is 0 Å². The third kappa shape index (κ3) is 4.17. The van der Waals surface area contributed by atoms with E-state index in [9.17, 15) is 4.39 Å². The minimum atomic E-state index is -0.294. The fraction of sp³-hybridized carbons (Fsp3) is 0.429. The first kappa shape index (κ1) is 19.5. The Hall–Kier alpha value is -2.31. The Morgan fingerprint density at radius 2 is 1.63 bits per heavy atom. The quantitative estimate of drug-likeness (QED) is 0.841. The molecule has 1 fully saturated rings.